The number of fused-ring (bicyclic) bond motifs is 1. The smallest absolute Gasteiger partial charge is 0.152 e. The molecular weight excluding hydrogens is 234 g/mol. The van der Waals surface area contributed by atoms with Gasteiger partial charge in [0.15, 0.2) is 5.82 Å². The molecule has 3 nitrogen and oxygen atoms in total. The Labute approximate surface area is 107 Å². The normalized spacial score (nSPS) is 28.2. The van der Waals surface area contributed by atoms with Crippen molar-refractivity contribution in [2.24, 2.45) is 5.92 Å². The first-order valence-electron chi connectivity index (χ1n) is 6.43. The Bertz CT molecular complexity index is 421. The second kappa shape index (κ2) is 4.37. The first kappa shape index (κ1) is 11.1. The maximum absolute atomic E-state index is 6.05. The molecule has 1 saturated carbocycles. The van der Waals surface area contributed by atoms with Crippen LogP contribution in [0.1, 0.15) is 32.1 Å². The molecule has 1 saturated heterocycles. The summed E-state index contributed by atoms with van der Waals surface area (Å²) in [4.78, 5) is 6.84. The van der Waals surface area contributed by atoms with Crippen LogP contribution in [0.3, 0.4) is 0 Å². The fraction of sp³-hybridized carbons (Fsp3) is 0.615. The molecule has 1 aromatic rings. The average molecular weight is 252 g/mol. The van der Waals surface area contributed by atoms with Gasteiger partial charge in [-0.3, -0.25) is 0 Å². The Morgan fingerprint density at radius 3 is 2.94 bits per heavy atom. The van der Waals surface area contributed by atoms with Crippen molar-refractivity contribution in [1.29, 1.82) is 0 Å². The Hall–Kier alpha value is -0.960. The van der Waals surface area contributed by atoms with Gasteiger partial charge in [0.2, 0.25) is 0 Å². The maximum Gasteiger partial charge on any atom is 0.152 e. The summed E-state index contributed by atoms with van der Waals surface area (Å²) in [5.41, 5.74) is 6.76. The lowest BCUT2D eigenvalue weighted by Gasteiger charge is -2.39. The minimum atomic E-state index is 0.617. The first-order valence-corrected chi connectivity index (χ1v) is 6.81. The summed E-state index contributed by atoms with van der Waals surface area (Å²) in [7, 11) is 0. The van der Waals surface area contributed by atoms with E-state index in [0.717, 1.165) is 18.3 Å². The number of pyridine rings is 1. The fourth-order valence-electron chi connectivity index (χ4n) is 3.40. The van der Waals surface area contributed by atoms with Gasteiger partial charge in [-0.25, -0.2) is 4.98 Å². The molecule has 2 N–H and O–H groups in total. The highest BCUT2D eigenvalue weighted by molar-refractivity contribution is 6.30. The van der Waals surface area contributed by atoms with E-state index in [9.17, 15) is 0 Å². The molecule has 1 aromatic heterocycles. The lowest BCUT2D eigenvalue weighted by atomic mass is 9.92. The van der Waals surface area contributed by atoms with Crippen molar-refractivity contribution in [2.75, 3.05) is 17.2 Å². The van der Waals surface area contributed by atoms with Crippen LogP contribution in [0.25, 0.3) is 0 Å². The number of nitrogen functional groups attached to an aromatic ring is 1. The van der Waals surface area contributed by atoms with Crippen LogP contribution in [0, 0.1) is 5.92 Å². The van der Waals surface area contributed by atoms with Gasteiger partial charge in [0.25, 0.3) is 0 Å². The zero-order valence-electron chi connectivity index (χ0n) is 9.90. The highest BCUT2D eigenvalue weighted by Crippen LogP contribution is 2.40. The Balaban J connectivity index is 1.91. The molecule has 2 unspecified atom stereocenters. The van der Waals surface area contributed by atoms with Gasteiger partial charge >= 0.3 is 0 Å². The van der Waals surface area contributed by atoms with Crippen molar-refractivity contribution in [1.82, 2.24) is 4.98 Å². The lowest BCUT2D eigenvalue weighted by molar-refractivity contribution is 0.361. The van der Waals surface area contributed by atoms with E-state index >= 15 is 0 Å². The van der Waals surface area contributed by atoms with Crippen molar-refractivity contribution in [3.8, 4) is 0 Å². The predicted molar refractivity (Wildman–Crippen MR) is 71.4 cm³/mol. The molecule has 0 bridgehead atoms. The maximum atomic E-state index is 6.05. The third-order valence-electron chi connectivity index (χ3n) is 4.13. The van der Waals surface area contributed by atoms with E-state index in [1.165, 1.54) is 32.1 Å². The molecule has 2 atom stereocenters. The summed E-state index contributed by atoms with van der Waals surface area (Å²) in [6, 6.07) is 2.46. The molecule has 3 rings (SSSR count). The quantitative estimate of drug-likeness (QED) is 0.834. The molecule has 1 aliphatic heterocycles. The number of hydrogen-bond acceptors (Lipinski definition) is 3. The van der Waals surface area contributed by atoms with E-state index < -0.39 is 0 Å². The van der Waals surface area contributed by atoms with Crippen LogP contribution in [-0.2, 0) is 0 Å². The van der Waals surface area contributed by atoms with Crippen molar-refractivity contribution in [2.45, 2.75) is 38.1 Å². The third-order valence-corrected chi connectivity index (χ3v) is 4.33. The number of anilines is 2. The van der Waals surface area contributed by atoms with Gasteiger partial charge in [0.05, 0.1) is 10.7 Å². The third kappa shape index (κ3) is 1.97. The van der Waals surface area contributed by atoms with E-state index in [1.807, 2.05) is 6.07 Å². The van der Waals surface area contributed by atoms with Crippen LogP contribution in [0.2, 0.25) is 5.02 Å². The zero-order chi connectivity index (χ0) is 11.8. The molecule has 92 valence electrons. The van der Waals surface area contributed by atoms with Crippen molar-refractivity contribution in [3.05, 3.63) is 17.3 Å². The van der Waals surface area contributed by atoms with E-state index in [0.29, 0.717) is 16.8 Å². The van der Waals surface area contributed by atoms with Crippen LogP contribution in [0.4, 0.5) is 11.5 Å². The van der Waals surface area contributed by atoms with Gasteiger partial charge in [0.1, 0.15) is 0 Å². The minimum absolute atomic E-state index is 0.617. The molecule has 1 aliphatic carbocycles. The molecule has 0 radical (unpaired) electrons. The molecule has 17 heavy (non-hydrogen) atoms. The van der Waals surface area contributed by atoms with Crippen LogP contribution in [0.5, 0.6) is 0 Å². The topological polar surface area (TPSA) is 42.1 Å². The van der Waals surface area contributed by atoms with E-state index in [-0.39, 0.29) is 0 Å². The van der Waals surface area contributed by atoms with Gasteiger partial charge in [-0.05, 0) is 37.7 Å². The fourth-order valence-corrected chi connectivity index (χ4v) is 3.57. The van der Waals surface area contributed by atoms with E-state index in [2.05, 4.69) is 9.88 Å². The second-order valence-corrected chi connectivity index (χ2v) is 5.60. The summed E-state index contributed by atoms with van der Waals surface area (Å²) in [5, 5.41) is 0.617. The molecule has 2 fully saturated rings. The van der Waals surface area contributed by atoms with Gasteiger partial charge in [0, 0.05) is 18.8 Å². The van der Waals surface area contributed by atoms with Crippen molar-refractivity contribution >= 4 is 23.1 Å². The summed E-state index contributed by atoms with van der Waals surface area (Å²) >= 11 is 5.91. The number of aromatic nitrogens is 1. The SMILES string of the molecule is Nc1cc(Cl)cnc1N1CCCC2CCCC21. The van der Waals surface area contributed by atoms with Crippen LogP contribution in [-0.4, -0.2) is 17.6 Å². The number of piperidine rings is 1. The lowest BCUT2D eigenvalue weighted by Crippen LogP contribution is -2.43. The Morgan fingerprint density at radius 2 is 2.12 bits per heavy atom. The van der Waals surface area contributed by atoms with Gasteiger partial charge in [-0.1, -0.05) is 18.0 Å². The molecule has 0 aromatic carbocycles. The molecule has 4 heteroatoms. The average Bonchev–Trinajstić information content (AvgIpc) is 2.77. The van der Waals surface area contributed by atoms with Crippen molar-refractivity contribution < 1.29 is 0 Å². The molecule has 0 amide bonds. The zero-order valence-corrected chi connectivity index (χ0v) is 10.7. The van der Waals surface area contributed by atoms with Gasteiger partial charge < -0.3 is 10.6 Å². The summed E-state index contributed by atoms with van der Waals surface area (Å²) in [6.45, 7) is 1.08. The number of nitrogens with two attached hydrogens (primary N) is 1. The number of rotatable bonds is 1. The molecule has 2 heterocycles. The summed E-state index contributed by atoms with van der Waals surface area (Å²) in [6.07, 6.45) is 8.33. The second-order valence-electron chi connectivity index (χ2n) is 5.16. The van der Waals surface area contributed by atoms with Gasteiger partial charge in [-0.15, -0.1) is 0 Å². The highest BCUT2D eigenvalue weighted by Gasteiger charge is 2.36. The van der Waals surface area contributed by atoms with Crippen LogP contribution >= 0.6 is 11.6 Å². The molecule has 2 aliphatic rings. The first-order chi connectivity index (χ1) is 8.25. The number of halogens is 1. The highest BCUT2D eigenvalue weighted by atomic mass is 35.5. The molecular formula is C13H18ClN3. The van der Waals surface area contributed by atoms with E-state index in [1.54, 1.807) is 6.20 Å². The van der Waals surface area contributed by atoms with E-state index in [4.69, 9.17) is 17.3 Å². The predicted octanol–water partition coefficient (Wildman–Crippen LogP) is 3.09. The Kier molecular flexibility index (Phi) is 2.87. The number of nitrogens with zero attached hydrogens (tertiary/aromatic N) is 2. The monoisotopic (exact) mass is 251 g/mol. The largest absolute Gasteiger partial charge is 0.396 e. The minimum Gasteiger partial charge on any atom is -0.396 e. The van der Waals surface area contributed by atoms with Crippen molar-refractivity contribution in [3.63, 3.8) is 0 Å². The standard InChI is InChI=1S/C13H18ClN3/c14-10-7-11(15)13(16-8-10)17-6-2-4-9-3-1-5-12(9)17/h7-9,12H,1-6,15H2. The molecule has 0 spiro atoms. The summed E-state index contributed by atoms with van der Waals surface area (Å²) < 4.78 is 0. The summed E-state index contributed by atoms with van der Waals surface area (Å²) in [5.74, 6) is 1.78. The van der Waals surface area contributed by atoms with Gasteiger partial charge in [-0.2, -0.15) is 0 Å². The van der Waals surface area contributed by atoms with Crippen LogP contribution in [0.15, 0.2) is 12.3 Å². The van der Waals surface area contributed by atoms with Crippen LogP contribution < -0.4 is 10.6 Å². The Morgan fingerprint density at radius 1 is 1.29 bits per heavy atom. The number of hydrogen-bond donors (Lipinski definition) is 1.